The minimum atomic E-state index is -0.854. The van der Waals surface area contributed by atoms with Gasteiger partial charge in [0.15, 0.2) is 11.6 Å². The van der Waals surface area contributed by atoms with E-state index in [0.717, 1.165) is 48.5 Å². The molecule has 1 nitrogen and oxygen atoms in total. The van der Waals surface area contributed by atoms with Crippen LogP contribution in [0.3, 0.4) is 0 Å². The molecule has 0 heterocycles. The smallest absolute Gasteiger partial charge is 0.201 e. The highest BCUT2D eigenvalue weighted by atomic mass is 19.2. The van der Waals surface area contributed by atoms with Crippen molar-refractivity contribution < 1.29 is 13.5 Å². The van der Waals surface area contributed by atoms with E-state index in [2.05, 4.69) is 6.08 Å². The van der Waals surface area contributed by atoms with Crippen LogP contribution in [0.4, 0.5) is 8.78 Å². The van der Waals surface area contributed by atoms with Gasteiger partial charge in [-0.15, -0.1) is 0 Å². The molecule has 2 fully saturated rings. The molecule has 4 rings (SSSR count). The standard InChI is InChI=1S/C25H34F2O/c1-2-28-23-16-15-22(24(26)25(23)27)21-13-11-20(12-14-21)19-9-7-18(8-10-19)17-5-3-4-6-17/h13,15-20H,2-12,14H2,1H3. The van der Waals surface area contributed by atoms with Gasteiger partial charge in [0.2, 0.25) is 5.82 Å². The SMILES string of the molecule is CCOc1ccc(C2=CCC(C3CCC(C4CCCC4)CC3)CC2)c(F)c1F. The maximum atomic E-state index is 14.5. The molecule has 1 unspecified atom stereocenters. The molecule has 0 spiro atoms. The molecule has 0 N–H and O–H groups in total. The lowest BCUT2D eigenvalue weighted by molar-refractivity contribution is 0.158. The van der Waals surface area contributed by atoms with Crippen molar-refractivity contribution >= 4 is 5.57 Å². The highest BCUT2D eigenvalue weighted by Crippen LogP contribution is 2.45. The Labute approximate surface area is 168 Å². The minimum absolute atomic E-state index is 0.0112. The maximum Gasteiger partial charge on any atom is 0.201 e. The normalized spacial score (nSPS) is 29.0. The largest absolute Gasteiger partial charge is 0.491 e. The van der Waals surface area contributed by atoms with Crippen LogP contribution in [0.25, 0.3) is 5.57 Å². The molecule has 0 radical (unpaired) electrons. The minimum Gasteiger partial charge on any atom is -0.491 e. The fraction of sp³-hybridized carbons (Fsp3) is 0.680. The van der Waals surface area contributed by atoms with Crippen LogP contribution in [-0.2, 0) is 0 Å². The van der Waals surface area contributed by atoms with Crippen molar-refractivity contribution in [3.63, 3.8) is 0 Å². The van der Waals surface area contributed by atoms with Crippen LogP contribution in [0.5, 0.6) is 5.75 Å². The molecule has 3 aliphatic rings. The molecule has 28 heavy (non-hydrogen) atoms. The lowest BCUT2D eigenvalue weighted by atomic mass is 9.68. The third-order valence-corrected chi connectivity index (χ3v) is 7.69. The first-order chi connectivity index (χ1) is 13.7. The first-order valence-corrected chi connectivity index (χ1v) is 11.5. The summed E-state index contributed by atoms with van der Waals surface area (Å²) in [6, 6.07) is 3.25. The monoisotopic (exact) mass is 388 g/mol. The highest BCUT2D eigenvalue weighted by Gasteiger charge is 2.33. The summed E-state index contributed by atoms with van der Waals surface area (Å²) in [5, 5.41) is 0. The summed E-state index contributed by atoms with van der Waals surface area (Å²) < 4.78 is 33.9. The fourth-order valence-electron chi connectivity index (χ4n) is 6.09. The van der Waals surface area contributed by atoms with Crippen molar-refractivity contribution in [2.75, 3.05) is 6.61 Å². The van der Waals surface area contributed by atoms with E-state index in [1.165, 1.54) is 51.4 Å². The Morgan fingerprint density at radius 1 is 0.821 bits per heavy atom. The van der Waals surface area contributed by atoms with Crippen molar-refractivity contribution in [3.05, 3.63) is 35.4 Å². The number of hydrogen-bond acceptors (Lipinski definition) is 1. The van der Waals surface area contributed by atoms with Crippen molar-refractivity contribution in [2.24, 2.45) is 23.7 Å². The van der Waals surface area contributed by atoms with Crippen LogP contribution in [0, 0.1) is 35.3 Å². The van der Waals surface area contributed by atoms with Crippen LogP contribution in [0.15, 0.2) is 18.2 Å². The van der Waals surface area contributed by atoms with E-state index < -0.39 is 11.6 Å². The molecule has 1 atom stereocenters. The van der Waals surface area contributed by atoms with E-state index in [4.69, 9.17) is 4.74 Å². The van der Waals surface area contributed by atoms with Crippen LogP contribution in [0.2, 0.25) is 0 Å². The third-order valence-electron chi connectivity index (χ3n) is 7.69. The molecular formula is C25H34F2O. The molecule has 2 saturated carbocycles. The Bertz CT molecular complexity index is 697. The van der Waals surface area contributed by atoms with E-state index >= 15 is 0 Å². The Morgan fingerprint density at radius 3 is 2.07 bits per heavy atom. The molecule has 3 heteroatoms. The summed E-state index contributed by atoms with van der Waals surface area (Å²) in [5.74, 6) is 1.95. The Balaban J connectivity index is 1.35. The Hall–Kier alpha value is -1.38. The number of allylic oxidation sites excluding steroid dienone is 2. The quantitative estimate of drug-likeness (QED) is 0.506. The van der Waals surface area contributed by atoms with Crippen molar-refractivity contribution in [1.82, 2.24) is 0 Å². The first kappa shape index (κ1) is 19.9. The van der Waals surface area contributed by atoms with Crippen LogP contribution >= 0.6 is 0 Å². The second kappa shape index (κ2) is 8.97. The molecule has 1 aromatic carbocycles. The van der Waals surface area contributed by atoms with E-state index in [-0.39, 0.29) is 5.75 Å². The molecule has 0 saturated heterocycles. The van der Waals surface area contributed by atoms with Crippen molar-refractivity contribution in [2.45, 2.75) is 77.6 Å². The second-order valence-corrected chi connectivity index (χ2v) is 9.16. The summed E-state index contributed by atoms with van der Waals surface area (Å²) in [5.41, 5.74) is 1.39. The van der Waals surface area contributed by atoms with Gasteiger partial charge < -0.3 is 4.74 Å². The zero-order valence-electron chi connectivity index (χ0n) is 17.2. The lowest BCUT2D eigenvalue weighted by Gasteiger charge is -2.37. The number of halogens is 2. The summed E-state index contributed by atoms with van der Waals surface area (Å²) in [6.45, 7) is 2.11. The number of hydrogen-bond donors (Lipinski definition) is 0. The number of ether oxygens (including phenoxy) is 1. The van der Waals surface area contributed by atoms with Gasteiger partial charge >= 0.3 is 0 Å². The van der Waals surface area contributed by atoms with Crippen molar-refractivity contribution in [3.8, 4) is 5.75 Å². The molecular weight excluding hydrogens is 354 g/mol. The van der Waals surface area contributed by atoms with Crippen molar-refractivity contribution in [1.29, 1.82) is 0 Å². The van der Waals surface area contributed by atoms with E-state index in [0.29, 0.717) is 12.2 Å². The zero-order valence-corrected chi connectivity index (χ0v) is 17.2. The van der Waals surface area contributed by atoms with Gasteiger partial charge in [-0.3, -0.25) is 0 Å². The predicted molar refractivity (Wildman–Crippen MR) is 110 cm³/mol. The van der Waals surface area contributed by atoms with Crippen LogP contribution in [-0.4, -0.2) is 6.61 Å². The van der Waals surface area contributed by atoms with Gasteiger partial charge in [0.25, 0.3) is 0 Å². The van der Waals surface area contributed by atoms with Gasteiger partial charge in [-0.2, -0.15) is 4.39 Å². The van der Waals surface area contributed by atoms with Crippen LogP contribution < -0.4 is 4.74 Å². The number of benzene rings is 1. The van der Waals surface area contributed by atoms with Gasteiger partial charge in [-0.05, 0) is 93.2 Å². The highest BCUT2D eigenvalue weighted by molar-refractivity contribution is 5.67. The lowest BCUT2D eigenvalue weighted by Crippen LogP contribution is -2.25. The molecule has 0 aromatic heterocycles. The Kier molecular flexibility index (Phi) is 6.38. The fourth-order valence-corrected chi connectivity index (χ4v) is 6.09. The maximum absolute atomic E-state index is 14.5. The zero-order chi connectivity index (χ0) is 19.5. The van der Waals surface area contributed by atoms with E-state index in [9.17, 15) is 8.78 Å². The van der Waals surface area contributed by atoms with Gasteiger partial charge in [-0.1, -0.05) is 31.8 Å². The molecule has 154 valence electrons. The molecule has 0 aliphatic heterocycles. The molecule has 3 aliphatic carbocycles. The van der Waals surface area contributed by atoms with E-state index in [1.807, 2.05) is 0 Å². The predicted octanol–water partition coefficient (Wildman–Crippen LogP) is 7.54. The summed E-state index contributed by atoms with van der Waals surface area (Å²) in [7, 11) is 0. The van der Waals surface area contributed by atoms with Gasteiger partial charge in [0.05, 0.1) is 6.61 Å². The van der Waals surface area contributed by atoms with Gasteiger partial charge in [-0.25, -0.2) is 4.39 Å². The second-order valence-electron chi connectivity index (χ2n) is 9.16. The topological polar surface area (TPSA) is 9.23 Å². The average molecular weight is 389 g/mol. The first-order valence-electron chi connectivity index (χ1n) is 11.5. The summed E-state index contributed by atoms with van der Waals surface area (Å²) >= 11 is 0. The Morgan fingerprint density at radius 2 is 1.46 bits per heavy atom. The molecule has 1 aromatic rings. The van der Waals surface area contributed by atoms with E-state index in [1.54, 1.807) is 19.1 Å². The molecule has 0 bridgehead atoms. The third kappa shape index (κ3) is 4.14. The van der Waals surface area contributed by atoms with Gasteiger partial charge in [0, 0.05) is 5.56 Å². The average Bonchev–Trinajstić information content (AvgIpc) is 3.27. The summed E-state index contributed by atoms with van der Waals surface area (Å²) in [4.78, 5) is 0. The summed E-state index contributed by atoms with van der Waals surface area (Å²) in [6.07, 6.45) is 16.6. The van der Waals surface area contributed by atoms with Gasteiger partial charge in [0.1, 0.15) is 0 Å². The molecule has 0 amide bonds. The van der Waals surface area contributed by atoms with Crippen LogP contribution in [0.1, 0.15) is 83.1 Å². The number of rotatable bonds is 5.